The zero-order valence-electron chi connectivity index (χ0n) is 11.3. The summed E-state index contributed by atoms with van der Waals surface area (Å²) in [6, 6.07) is 5.63. The van der Waals surface area contributed by atoms with Crippen molar-refractivity contribution in [3.8, 4) is 45.8 Å². The molecule has 0 saturated carbocycles. The molecule has 8 heteroatoms. The highest BCUT2D eigenvalue weighted by Crippen LogP contribution is 2.49. The Kier molecular flexibility index (Phi) is 2.96. The summed E-state index contributed by atoms with van der Waals surface area (Å²) in [5, 5.41) is 57.6. The summed E-state index contributed by atoms with van der Waals surface area (Å²) in [6.45, 7) is 0. The Morgan fingerprint density at radius 3 is 2.00 bits per heavy atom. The maximum atomic E-state index is 12.2. The van der Waals surface area contributed by atoms with Gasteiger partial charge in [0, 0.05) is 0 Å². The van der Waals surface area contributed by atoms with E-state index in [0.29, 0.717) is 0 Å². The number of hydrogen-bond donors (Lipinski definition) is 6. The topological polar surface area (TPSA) is 152 Å². The van der Waals surface area contributed by atoms with Crippen LogP contribution in [0.3, 0.4) is 0 Å². The van der Waals surface area contributed by atoms with Gasteiger partial charge in [-0.05, 0) is 12.1 Å². The van der Waals surface area contributed by atoms with Crippen LogP contribution in [0.4, 0.5) is 0 Å². The molecule has 3 aromatic rings. The maximum Gasteiger partial charge on any atom is 0.239 e. The van der Waals surface area contributed by atoms with Crippen LogP contribution in [0, 0.1) is 0 Å². The first-order valence-electron chi connectivity index (χ1n) is 6.28. The summed E-state index contributed by atoms with van der Waals surface area (Å²) in [4.78, 5) is 12.2. The minimum absolute atomic E-state index is 0.0459. The number of fused-ring (bicyclic) bond motifs is 1. The summed E-state index contributed by atoms with van der Waals surface area (Å²) in [5.74, 6) is -5.99. The third kappa shape index (κ3) is 1.89. The average molecular weight is 318 g/mol. The van der Waals surface area contributed by atoms with Crippen molar-refractivity contribution >= 4 is 11.0 Å². The fourth-order valence-corrected chi connectivity index (χ4v) is 2.21. The summed E-state index contributed by atoms with van der Waals surface area (Å²) in [7, 11) is 0. The maximum absolute atomic E-state index is 12.2. The summed E-state index contributed by atoms with van der Waals surface area (Å²) in [5.41, 5.74) is -1.86. The number of phenolic OH excluding ortho intramolecular Hbond substituents is 5. The first kappa shape index (κ1) is 14.4. The second-order valence-electron chi connectivity index (χ2n) is 4.72. The van der Waals surface area contributed by atoms with Gasteiger partial charge in [0.15, 0.2) is 17.1 Å². The number of hydrogen-bond acceptors (Lipinski definition) is 8. The fourth-order valence-electron chi connectivity index (χ4n) is 2.21. The van der Waals surface area contributed by atoms with Crippen LogP contribution in [-0.2, 0) is 0 Å². The molecule has 2 aromatic carbocycles. The lowest BCUT2D eigenvalue weighted by molar-refractivity contribution is 0.345. The monoisotopic (exact) mass is 318 g/mol. The van der Waals surface area contributed by atoms with E-state index in [9.17, 15) is 35.4 Å². The third-order valence-corrected chi connectivity index (χ3v) is 3.36. The van der Waals surface area contributed by atoms with E-state index in [1.807, 2.05) is 0 Å². The van der Waals surface area contributed by atoms with Crippen LogP contribution in [0.15, 0.2) is 33.5 Å². The number of para-hydroxylation sites is 1. The van der Waals surface area contributed by atoms with Gasteiger partial charge in [-0.3, -0.25) is 4.79 Å². The highest BCUT2D eigenvalue weighted by molar-refractivity contribution is 5.96. The van der Waals surface area contributed by atoms with Gasteiger partial charge in [-0.1, -0.05) is 12.1 Å². The molecule has 23 heavy (non-hydrogen) atoms. The zero-order chi connectivity index (χ0) is 16.9. The predicted octanol–water partition coefficient (Wildman–Crippen LogP) is 1.69. The number of rotatable bonds is 1. The van der Waals surface area contributed by atoms with Gasteiger partial charge in [-0.15, -0.1) is 0 Å². The van der Waals surface area contributed by atoms with Crippen LogP contribution in [-0.4, -0.2) is 30.6 Å². The molecule has 0 aliphatic rings. The lowest BCUT2D eigenvalue weighted by Crippen LogP contribution is -2.03. The van der Waals surface area contributed by atoms with Gasteiger partial charge in [-0.2, -0.15) is 0 Å². The molecule has 0 fully saturated rings. The largest absolute Gasteiger partial charge is 0.507 e. The molecule has 0 bridgehead atoms. The lowest BCUT2D eigenvalue weighted by Gasteiger charge is -2.11. The summed E-state index contributed by atoms with van der Waals surface area (Å²) >= 11 is 0. The quantitative estimate of drug-likeness (QED) is 0.293. The Labute approximate surface area is 127 Å². The van der Waals surface area contributed by atoms with Crippen molar-refractivity contribution < 1.29 is 35.1 Å². The van der Waals surface area contributed by atoms with E-state index in [4.69, 9.17) is 4.42 Å². The molecular formula is C15H10O8. The van der Waals surface area contributed by atoms with E-state index in [2.05, 4.69) is 0 Å². The number of aromatic hydroxyl groups is 6. The van der Waals surface area contributed by atoms with Gasteiger partial charge < -0.3 is 35.1 Å². The van der Waals surface area contributed by atoms with Gasteiger partial charge in [0.2, 0.25) is 28.4 Å². The Morgan fingerprint density at radius 1 is 0.739 bits per heavy atom. The second-order valence-corrected chi connectivity index (χ2v) is 4.72. The van der Waals surface area contributed by atoms with Gasteiger partial charge in [0.25, 0.3) is 0 Å². The van der Waals surface area contributed by atoms with Crippen LogP contribution in [0.2, 0.25) is 0 Å². The first-order valence-corrected chi connectivity index (χ1v) is 6.28. The van der Waals surface area contributed by atoms with Crippen LogP contribution in [0.25, 0.3) is 22.3 Å². The molecule has 3 rings (SSSR count). The predicted molar refractivity (Wildman–Crippen MR) is 77.9 cm³/mol. The van der Waals surface area contributed by atoms with E-state index in [-0.39, 0.29) is 11.3 Å². The van der Waals surface area contributed by atoms with Gasteiger partial charge in [0.1, 0.15) is 11.1 Å². The molecule has 1 aromatic heterocycles. The minimum atomic E-state index is -1.16. The van der Waals surface area contributed by atoms with E-state index in [0.717, 1.165) is 0 Å². The molecule has 0 radical (unpaired) electrons. The van der Waals surface area contributed by atoms with Crippen LogP contribution in [0.1, 0.15) is 0 Å². The molecule has 0 saturated heterocycles. The number of benzene rings is 2. The normalized spacial score (nSPS) is 11.0. The van der Waals surface area contributed by atoms with Crippen LogP contribution >= 0.6 is 0 Å². The summed E-state index contributed by atoms with van der Waals surface area (Å²) < 4.78 is 5.20. The van der Waals surface area contributed by atoms with Crippen molar-refractivity contribution in [3.05, 3.63) is 34.5 Å². The SMILES string of the molecule is O=c1c(O)c(-c2ccccc2O)oc2c(O)c(O)c(O)c(O)c12. The van der Waals surface area contributed by atoms with Crippen molar-refractivity contribution in [1.82, 2.24) is 0 Å². The first-order chi connectivity index (χ1) is 10.8. The van der Waals surface area contributed by atoms with Gasteiger partial charge >= 0.3 is 0 Å². The van der Waals surface area contributed by atoms with E-state index < -0.39 is 50.9 Å². The summed E-state index contributed by atoms with van der Waals surface area (Å²) in [6.07, 6.45) is 0. The Hall–Kier alpha value is -3.55. The minimum Gasteiger partial charge on any atom is -0.507 e. The smallest absolute Gasteiger partial charge is 0.239 e. The molecule has 0 amide bonds. The Bertz CT molecular complexity index is 1000. The van der Waals surface area contributed by atoms with Crippen LogP contribution in [0.5, 0.6) is 34.5 Å². The van der Waals surface area contributed by atoms with E-state index in [1.165, 1.54) is 24.3 Å². The molecule has 0 spiro atoms. The van der Waals surface area contributed by atoms with Crippen molar-refractivity contribution in [2.75, 3.05) is 0 Å². The van der Waals surface area contributed by atoms with Crippen molar-refractivity contribution in [3.63, 3.8) is 0 Å². The van der Waals surface area contributed by atoms with Gasteiger partial charge in [-0.25, -0.2) is 0 Å². The van der Waals surface area contributed by atoms with Crippen molar-refractivity contribution in [1.29, 1.82) is 0 Å². The average Bonchev–Trinajstić information content (AvgIpc) is 2.54. The molecular weight excluding hydrogens is 308 g/mol. The molecule has 0 aliphatic heterocycles. The highest BCUT2D eigenvalue weighted by atomic mass is 16.4. The molecule has 8 nitrogen and oxygen atoms in total. The Morgan fingerprint density at radius 2 is 1.35 bits per heavy atom. The lowest BCUT2D eigenvalue weighted by atomic mass is 10.1. The molecule has 6 N–H and O–H groups in total. The molecule has 118 valence electrons. The van der Waals surface area contributed by atoms with Crippen molar-refractivity contribution in [2.45, 2.75) is 0 Å². The zero-order valence-corrected chi connectivity index (χ0v) is 11.3. The standard InChI is InChI=1S/C15H10O8/c16-6-4-2-1-3-5(6)14-12(21)9(18)7-8(17)10(19)11(20)13(22)15(7)23-14/h1-4,16-17,19-22H. The highest BCUT2D eigenvalue weighted by Gasteiger charge is 2.26. The van der Waals surface area contributed by atoms with E-state index >= 15 is 0 Å². The molecule has 0 aliphatic carbocycles. The van der Waals surface area contributed by atoms with Crippen molar-refractivity contribution in [2.24, 2.45) is 0 Å². The van der Waals surface area contributed by atoms with E-state index in [1.54, 1.807) is 0 Å². The number of phenols is 5. The fraction of sp³-hybridized carbons (Fsp3) is 0. The third-order valence-electron chi connectivity index (χ3n) is 3.36. The molecule has 1 heterocycles. The van der Waals surface area contributed by atoms with Gasteiger partial charge in [0.05, 0.1) is 5.56 Å². The second kappa shape index (κ2) is 4.73. The molecule has 0 unspecified atom stereocenters. The molecule has 0 atom stereocenters. The Balaban J connectivity index is 2.52. The van der Waals surface area contributed by atoms with Crippen LogP contribution < -0.4 is 5.43 Å².